The fourth-order valence-corrected chi connectivity index (χ4v) is 6.10. The molecule has 0 fully saturated rings. The Hall–Kier alpha value is -2.93. The molecule has 0 unspecified atom stereocenters. The normalized spacial score (nSPS) is 12.0. The zero-order chi connectivity index (χ0) is 28.0. The van der Waals surface area contributed by atoms with Crippen molar-refractivity contribution in [3.63, 3.8) is 0 Å². The Labute approximate surface area is 237 Å². The van der Waals surface area contributed by atoms with Gasteiger partial charge in [0.25, 0.3) is 0 Å². The molecule has 0 aliphatic carbocycles. The molecule has 3 N–H and O–H groups in total. The second kappa shape index (κ2) is 12.5. The molecule has 4 aromatic rings. The molecule has 4 rings (SSSR count). The summed E-state index contributed by atoms with van der Waals surface area (Å²) >= 11 is 12.3. The van der Waals surface area contributed by atoms with Gasteiger partial charge in [0.15, 0.2) is 0 Å². The summed E-state index contributed by atoms with van der Waals surface area (Å²) in [5.41, 5.74) is 1.86. The van der Waals surface area contributed by atoms with Crippen molar-refractivity contribution in [3.8, 4) is 16.9 Å². The number of ether oxygens (including phenoxy) is 1. The van der Waals surface area contributed by atoms with Gasteiger partial charge in [-0.05, 0) is 48.0 Å². The van der Waals surface area contributed by atoms with Gasteiger partial charge in [-0.2, -0.15) is 0 Å². The van der Waals surface area contributed by atoms with Crippen molar-refractivity contribution in [1.29, 1.82) is 0 Å². The van der Waals surface area contributed by atoms with Crippen molar-refractivity contribution in [2.75, 3.05) is 37.2 Å². The Morgan fingerprint density at radius 1 is 0.872 bits per heavy atom. The first-order valence-corrected chi connectivity index (χ1v) is 15.9. The lowest BCUT2D eigenvalue weighted by Crippen LogP contribution is -2.33. The number of sulfonamides is 2. The molecule has 0 radical (unpaired) electrons. The number of nitrogens with one attached hydrogen (secondary N) is 3. The Kier molecular flexibility index (Phi) is 9.31. The Balaban J connectivity index is 1.31. The van der Waals surface area contributed by atoms with Gasteiger partial charge in [-0.3, -0.25) is 4.72 Å². The Bertz CT molecular complexity index is 1700. The lowest BCUT2D eigenvalue weighted by Gasteiger charge is -2.14. The third-order valence-electron chi connectivity index (χ3n) is 5.56. The number of anilines is 1. The summed E-state index contributed by atoms with van der Waals surface area (Å²) in [4.78, 5) is 4.13. The van der Waals surface area contributed by atoms with Gasteiger partial charge in [0, 0.05) is 52.9 Å². The molecule has 9 nitrogen and oxygen atoms in total. The van der Waals surface area contributed by atoms with Crippen LogP contribution in [0.25, 0.3) is 21.9 Å². The van der Waals surface area contributed by atoms with Crippen LogP contribution in [0.5, 0.6) is 5.75 Å². The van der Waals surface area contributed by atoms with E-state index in [1.807, 2.05) is 6.07 Å². The molecule has 0 bridgehead atoms. The lowest BCUT2D eigenvalue weighted by molar-refractivity contribution is 0.316. The van der Waals surface area contributed by atoms with Gasteiger partial charge in [-0.15, -0.1) is 0 Å². The number of hydrogen-bond donors (Lipinski definition) is 3. The van der Waals surface area contributed by atoms with E-state index in [4.69, 9.17) is 27.9 Å². The highest BCUT2D eigenvalue weighted by Gasteiger charge is 2.17. The minimum Gasteiger partial charge on any atom is -0.492 e. The second-order valence-electron chi connectivity index (χ2n) is 8.54. The summed E-state index contributed by atoms with van der Waals surface area (Å²) in [6.45, 7) is 1.30. The summed E-state index contributed by atoms with van der Waals surface area (Å²) in [5.74, 6) is 0.572. The average Bonchev–Trinajstić information content (AvgIpc) is 2.88. The van der Waals surface area contributed by atoms with E-state index in [0.29, 0.717) is 52.5 Å². The summed E-state index contributed by atoms with van der Waals surface area (Å²) in [6, 6.07) is 18.6. The van der Waals surface area contributed by atoms with Crippen LogP contribution in [0, 0.1) is 0 Å². The molecule has 13 heteroatoms. The molecule has 0 saturated heterocycles. The van der Waals surface area contributed by atoms with E-state index in [2.05, 4.69) is 19.7 Å². The minimum absolute atomic E-state index is 0.138. The fourth-order valence-electron chi connectivity index (χ4n) is 3.90. The van der Waals surface area contributed by atoms with Crippen molar-refractivity contribution in [3.05, 3.63) is 83.1 Å². The van der Waals surface area contributed by atoms with E-state index >= 15 is 0 Å². The number of pyridine rings is 1. The number of nitrogens with zero attached hydrogens (tertiary/aromatic N) is 1. The third-order valence-corrected chi connectivity index (χ3v) is 8.22. The van der Waals surface area contributed by atoms with E-state index in [1.54, 1.807) is 54.6 Å². The molecule has 0 atom stereocenters. The van der Waals surface area contributed by atoms with Crippen LogP contribution < -0.4 is 19.5 Å². The molecule has 0 aliphatic rings. The monoisotopic (exact) mass is 608 g/mol. The van der Waals surface area contributed by atoms with Crippen molar-refractivity contribution in [1.82, 2.24) is 15.0 Å². The fraction of sp³-hybridized carbons (Fsp3) is 0.192. The molecular weight excluding hydrogens is 583 g/mol. The quantitative estimate of drug-likeness (QED) is 0.159. The number of fused-ring (bicyclic) bond motifs is 1. The van der Waals surface area contributed by atoms with E-state index in [1.165, 1.54) is 12.3 Å². The van der Waals surface area contributed by atoms with Gasteiger partial charge in [0.1, 0.15) is 17.5 Å². The number of aromatic nitrogens is 1. The van der Waals surface area contributed by atoms with Crippen LogP contribution in [0.15, 0.2) is 77.8 Å². The topological polar surface area (TPSA) is 126 Å². The first-order valence-electron chi connectivity index (χ1n) is 11.8. The molecule has 39 heavy (non-hydrogen) atoms. The molecule has 0 saturated carbocycles. The minimum atomic E-state index is -3.76. The van der Waals surface area contributed by atoms with E-state index in [-0.39, 0.29) is 16.6 Å². The predicted octanol–water partition coefficient (Wildman–Crippen LogP) is 4.53. The maximum atomic E-state index is 12.9. The summed E-state index contributed by atoms with van der Waals surface area (Å²) in [5, 5.41) is 4.97. The zero-order valence-corrected chi connectivity index (χ0v) is 24.0. The molecule has 0 spiro atoms. The standard InChI is InChI=1S/C26H26Cl2N4O5S2/c1-38(33,34)32-20-5-2-4-18(16-20)23-17-19(27)8-9-24(23)37-15-14-29-12-13-31-39(35,36)25-7-3-6-22-21(25)10-11-30-26(22)28/h2-11,16-17,29,31-32H,12-15H2,1H3. The molecule has 0 aliphatic heterocycles. The number of halogens is 2. The highest BCUT2D eigenvalue weighted by atomic mass is 35.5. The molecule has 0 amide bonds. The SMILES string of the molecule is CS(=O)(=O)Nc1cccc(-c2cc(Cl)ccc2OCCNCCNS(=O)(=O)c2cccc3c(Cl)nccc23)c1. The Morgan fingerprint density at radius 2 is 1.67 bits per heavy atom. The van der Waals surface area contributed by atoms with Gasteiger partial charge in [-0.25, -0.2) is 26.5 Å². The van der Waals surface area contributed by atoms with E-state index in [9.17, 15) is 16.8 Å². The first kappa shape index (κ1) is 29.1. The zero-order valence-electron chi connectivity index (χ0n) is 20.8. The van der Waals surface area contributed by atoms with Crippen molar-refractivity contribution < 1.29 is 21.6 Å². The predicted molar refractivity (Wildman–Crippen MR) is 156 cm³/mol. The van der Waals surface area contributed by atoms with Crippen LogP contribution >= 0.6 is 23.2 Å². The second-order valence-corrected chi connectivity index (χ2v) is 12.8. The third kappa shape index (κ3) is 7.81. The molecule has 3 aromatic carbocycles. The average molecular weight is 610 g/mol. The molecule has 206 valence electrons. The van der Waals surface area contributed by atoms with E-state index in [0.717, 1.165) is 11.8 Å². The number of rotatable bonds is 12. The molecule has 1 heterocycles. The van der Waals surface area contributed by atoms with Crippen LogP contribution in [0.4, 0.5) is 5.69 Å². The Morgan fingerprint density at radius 3 is 2.46 bits per heavy atom. The molecule has 1 aromatic heterocycles. The largest absolute Gasteiger partial charge is 0.492 e. The van der Waals surface area contributed by atoms with Gasteiger partial charge in [0.05, 0.1) is 11.2 Å². The van der Waals surface area contributed by atoms with Crippen molar-refractivity contribution >= 4 is 59.7 Å². The maximum Gasteiger partial charge on any atom is 0.241 e. The van der Waals surface area contributed by atoms with Crippen LogP contribution in [0.1, 0.15) is 0 Å². The smallest absolute Gasteiger partial charge is 0.241 e. The first-order chi connectivity index (χ1) is 18.5. The van der Waals surface area contributed by atoms with Gasteiger partial charge < -0.3 is 10.1 Å². The van der Waals surface area contributed by atoms with Crippen LogP contribution in [-0.2, 0) is 20.0 Å². The van der Waals surface area contributed by atoms with Gasteiger partial charge >= 0.3 is 0 Å². The summed E-state index contributed by atoms with van der Waals surface area (Å²) < 4.78 is 59.9. The number of benzene rings is 3. The highest BCUT2D eigenvalue weighted by Crippen LogP contribution is 2.34. The lowest BCUT2D eigenvalue weighted by atomic mass is 10.0. The summed E-state index contributed by atoms with van der Waals surface area (Å²) in [6.07, 6.45) is 2.56. The molecular formula is C26H26Cl2N4O5S2. The number of hydrogen-bond acceptors (Lipinski definition) is 7. The van der Waals surface area contributed by atoms with Gasteiger partial charge in [0.2, 0.25) is 20.0 Å². The van der Waals surface area contributed by atoms with Crippen LogP contribution in [0.3, 0.4) is 0 Å². The maximum absolute atomic E-state index is 12.9. The summed E-state index contributed by atoms with van der Waals surface area (Å²) in [7, 11) is -7.18. The highest BCUT2D eigenvalue weighted by molar-refractivity contribution is 7.92. The van der Waals surface area contributed by atoms with E-state index < -0.39 is 20.0 Å². The van der Waals surface area contributed by atoms with Crippen molar-refractivity contribution in [2.45, 2.75) is 4.90 Å². The van der Waals surface area contributed by atoms with Gasteiger partial charge in [-0.1, -0.05) is 47.5 Å². The van der Waals surface area contributed by atoms with Crippen LogP contribution in [0.2, 0.25) is 10.2 Å². The van der Waals surface area contributed by atoms with Crippen LogP contribution in [-0.4, -0.2) is 54.3 Å². The van der Waals surface area contributed by atoms with Crippen molar-refractivity contribution in [2.24, 2.45) is 0 Å².